The number of hydrogen-bond acceptors (Lipinski definition) is 4. The van der Waals surface area contributed by atoms with Gasteiger partial charge in [-0.05, 0) is 0 Å². The van der Waals surface area contributed by atoms with Crippen LogP contribution in [-0.2, 0) is 16.0 Å². The average Bonchev–Trinajstić information content (AvgIpc) is 2.43. The number of carbonyl (C=O) groups is 2. The summed E-state index contributed by atoms with van der Waals surface area (Å²) in [5.41, 5.74) is 0.373. The minimum absolute atomic E-state index is 0.0109. The Bertz CT molecular complexity index is 421. The standard InChI is InChI=1S/C8H8Cl2N2O3S/c1-3(13)11-5(7(14)15)2-4-6(9)16-8(10)12-4/h5H,2H2,1H3,(H,11,13)(H,14,15). The smallest absolute Gasteiger partial charge is 0.326 e. The molecule has 0 aliphatic heterocycles. The van der Waals surface area contributed by atoms with Gasteiger partial charge in [0.2, 0.25) is 5.91 Å². The van der Waals surface area contributed by atoms with Crippen molar-refractivity contribution in [1.82, 2.24) is 10.3 Å². The number of rotatable bonds is 4. The first-order valence-electron chi connectivity index (χ1n) is 4.20. The topological polar surface area (TPSA) is 79.3 Å². The monoisotopic (exact) mass is 282 g/mol. The first-order chi connectivity index (χ1) is 7.40. The van der Waals surface area contributed by atoms with Gasteiger partial charge >= 0.3 is 5.97 Å². The van der Waals surface area contributed by atoms with Crippen LogP contribution in [0.25, 0.3) is 0 Å². The molecule has 0 aliphatic carbocycles. The molecule has 0 spiro atoms. The summed E-state index contributed by atoms with van der Waals surface area (Å²) in [5, 5.41) is 11.2. The highest BCUT2D eigenvalue weighted by atomic mass is 35.5. The van der Waals surface area contributed by atoms with Gasteiger partial charge in [0.15, 0.2) is 4.47 Å². The molecule has 0 radical (unpaired) electrons. The molecular weight excluding hydrogens is 275 g/mol. The number of aromatic nitrogens is 1. The van der Waals surface area contributed by atoms with E-state index in [1.807, 2.05) is 0 Å². The second kappa shape index (κ2) is 5.47. The summed E-state index contributed by atoms with van der Waals surface area (Å²) < 4.78 is 0.577. The molecular formula is C8H8Cl2N2O3S. The summed E-state index contributed by atoms with van der Waals surface area (Å²) >= 11 is 12.5. The number of carboxylic acid groups (broad SMARTS) is 1. The molecule has 1 amide bonds. The maximum Gasteiger partial charge on any atom is 0.326 e. The number of carboxylic acids is 1. The fraction of sp³-hybridized carbons (Fsp3) is 0.375. The number of hydrogen-bond donors (Lipinski definition) is 2. The van der Waals surface area contributed by atoms with Gasteiger partial charge in [0.05, 0.1) is 5.69 Å². The van der Waals surface area contributed by atoms with Gasteiger partial charge in [-0.3, -0.25) is 4.79 Å². The van der Waals surface area contributed by atoms with Crippen molar-refractivity contribution in [3.8, 4) is 0 Å². The summed E-state index contributed by atoms with van der Waals surface area (Å²) in [7, 11) is 0. The Morgan fingerprint density at radius 3 is 2.56 bits per heavy atom. The normalized spacial score (nSPS) is 12.2. The lowest BCUT2D eigenvalue weighted by atomic mass is 10.1. The van der Waals surface area contributed by atoms with Crippen LogP contribution in [0.3, 0.4) is 0 Å². The van der Waals surface area contributed by atoms with Gasteiger partial charge in [0.25, 0.3) is 0 Å². The van der Waals surface area contributed by atoms with E-state index in [1.54, 1.807) is 0 Å². The highest BCUT2D eigenvalue weighted by molar-refractivity contribution is 7.19. The first kappa shape index (κ1) is 13.2. The maximum absolute atomic E-state index is 10.8. The van der Waals surface area contributed by atoms with E-state index >= 15 is 0 Å². The summed E-state index contributed by atoms with van der Waals surface area (Å²) in [5.74, 6) is -1.57. The van der Waals surface area contributed by atoms with E-state index in [0.717, 1.165) is 11.3 Å². The quantitative estimate of drug-likeness (QED) is 0.879. The highest BCUT2D eigenvalue weighted by Gasteiger charge is 2.22. The van der Waals surface area contributed by atoms with Crippen LogP contribution in [0.5, 0.6) is 0 Å². The number of aliphatic carboxylic acids is 1. The maximum atomic E-state index is 10.8. The van der Waals surface area contributed by atoms with Crippen LogP contribution >= 0.6 is 34.5 Å². The van der Waals surface area contributed by atoms with Gasteiger partial charge in [-0.25, -0.2) is 9.78 Å². The fourth-order valence-corrected chi connectivity index (χ4v) is 2.41. The van der Waals surface area contributed by atoms with Gasteiger partial charge in [0.1, 0.15) is 10.4 Å². The minimum Gasteiger partial charge on any atom is -0.480 e. The van der Waals surface area contributed by atoms with Crippen LogP contribution in [0.2, 0.25) is 8.80 Å². The van der Waals surface area contributed by atoms with Gasteiger partial charge in [0, 0.05) is 13.3 Å². The zero-order valence-corrected chi connectivity index (χ0v) is 10.5. The zero-order valence-electron chi connectivity index (χ0n) is 8.16. The first-order valence-corrected chi connectivity index (χ1v) is 5.78. The number of thiazole rings is 1. The Hall–Kier alpha value is -0.850. The van der Waals surface area contributed by atoms with E-state index in [9.17, 15) is 9.59 Å². The third kappa shape index (κ3) is 3.62. The second-order valence-electron chi connectivity index (χ2n) is 2.98. The molecule has 2 N–H and O–H groups in total. The van der Waals surface area contributed by atoms with E-state index in [4.69, 9.17) is 28.3 Å². The summed E-state index contributed by atoms with van der Waals surface area (Å²) in [6, 6.07) is -1.05. The lowest BCUT2D eigenvalue weighted by molar-refractivity contribution is -0.141. The van der Waals surface area contributed by atoms with Crippen molar-refractivity contribution in [1.29, 1.82) is 0 Å². The van der Waals surface area contributed by atoms with Crippen LogP contribution in [-0.4, -0.2) is 28.0 Å². The number of carbonyl (C=O) groups excluding carboxylic acids is 1. The lowest BCUT2D eigenvalue weighted by Crippen LogP contribution is -2.41. The molecule has 0 aromatic carbocycles. The fourth-order valence-electron chi connectivity index (χ4n) is 1.07. The molecule has 0 saturated carbocycles. The molecule has 0 saturated heterocycles. The molecule has 0 fully saturated rings. The third-order valence-corrected chi connectivity index (χ3v) is 3.14. The van der Waals surface area contributed by atoms with E-state index in [2.05, 4.69) is 10.3 Å². The Labute approximate surface area is 105 Å². The van der Waals surface area contributed by atoms with Crippen LogP contribution in [0.15, 0.2) is 0 Å². The number of halogens is 2. The molecule has 16 heavy (non-hydrogen) atoms. The van der Waals surface area contributed by atoms with Gasteiger partial charge in [-0.1, -0.05) is 34.5 Å². The predicted octanol–water partition coefficient (Wildman–Crippen LogP) is 1.58. The van der Waals surface area contributed by atoms with Crippen molar-refractivity contribution < 1.29 is 14.7 Å². The SMILES string of the molecule is CC(=O)NC(Cc1nc(Cl)sc1Cl)C(=O)O. The Kier molecular flexibility index (Phi) is 4.52. The van der Waals surface area contributed by atoms with Crippen molar-refractivity contribution in [2.45, 2.75) is 19.4 Å². The van der Waals surface area contributed by atoms with Crippen molar-refractivity contribution in [3.63, 3.8) is 0 Å². The van der Waals surface area contributed by atoms with Gasteiger partial charge in [-0.15, -0.1) is 0 Å². The molecule has 1 aromatic heterocycles. The van der Waals surface area contributed by atoms with Crippen LogP contribution in [0.4, 0.5) is 0 Å². The van der Waals surface area contributed by atoms with Crippen molar-refractivity contribution in [3.05, 3.63) is 14.5 Å². The van der Waals surface area contributed by atoms with Crippen molar-refractivity contribution in [2.75, 3.05) is 0 Å². The van der Waals surface area contributed by atoms with Gasteiger partial charge in [-0.2, -0.15) is 0 Å². The second-order valence-corrected chi connectivity index (χ2v) is 5.17. The summed E-state index contributed by atoms with van der Waals surface area (Å²) in [6.07, 6.45) is 0.0109. The average molecular weight is 283 g/mol. The Morgan fingerprint density at radius 2 is 2.19 bits per heavy atom. The molecule has 1 rings (SSSR count). The molecule has 0 aliphatic rings. The van der Waals surface area contributed by atoms with E-state index < -0.39 is 17.9 Å². The molecule has 1 atom stereocenters. The van der Waals surface area contributed by atoms with Crippen LogP contribution in [0, 0.1) is 0 Å². The van der Waals surface area contributed by atoms with Crippen LogP contribution in [0.1, 0.15) is 12.6 Å². The Morgan fingerprint density at radius 1 is 1.56 bits per heavy atom. The highest BCUT2D eigenvalue weighted by Crippen LogP contribution is 2.28. The molecule has 8 heteroatoms. The molecule has 1 unspecified atom stereocenters. The molecule has 5 nitrogen and oxygen atoms in total. The molecule has 0 bridgehead atoms. The molecule has 1 aromatic rings. The number of amides is 1. The summed E-state index contributed by atoms with van der Waals surface area (Å²) in [4.78, 5) is 25.5. The summed E-state index contributed by atoms with van der Waals surface area (Å²) in [6.45, 7) is 1.24. The number of nitrogens with one attached hydrogen (secondary N) is 1. The lowest BCUT2D eigenvalue weighted by Gasteiger charge is -2.11. The van der Waals surface area contributed by atoms with E-state index in [1.165, 1.54) is 6.92 Å². The van der Waals surface area contributed by atoms with Gasteiger partial charge < -0.3 is 10.4 Å². The third-order valence-electron chi connectivity index (χ3n) is 1.70. The predicted molar refractivity (Wildman–Crippen MR) is 61.1 cm³/mol. The number of nitrogens with zero attached hydrogens (tertiary/aromatic N) is 1. The Balaban J connectivity index is 2.79. The van der Waals surface area contributed by atoms with E-state index in [0.29, 0.717) is 10.0 Å². The molecule has 1 heterocycles. The largest absolute Gasteiger partial charge is 0.480 e. The van der Waals surface area contributed by atoms with Crippen LogP contribution < -0.4 is 5.32 Å². The van der Waals surface area contributed by atoms with Crippen molar-refractivity contribution in [2.24, 2.45) is 0 Å². The van der Waals surface area contributed by atoms with Crippen molar-refractivity contribution >= 4 is 46.4 Å². The van der Waals surface area contributed by atoms with E-state index in [-0.39, 0.29) is 10.9 Å². The minimum atomic E-state index is -1.14. The molecule has 88 valence electrons. The zero-order chi connectivity index (χ0) is 12.3.